The van der Waals surface area contributed by atoms with Gasteiger partial charge in [-0.2, -0.15) is 0 Å². The van der Waals surface area contributed by atoms with Gasteiger partial charge in [0.05, 0.1) is 12.7 Å². The van der Waals surface area contributed by atoms with Gasteiger partial charge in [0.15, 0.2) is 0 Å². The quantitative estimate of drug-likeness (QED) is 0.0502. The summed E-state index contributed by atoms with van der Waals surface area (Å²) in [6.45, 7) is 14.5. The Balaban J connectivity index is 1.05. The van der Waals surface area contributed by atoms with E-state index < -0.39 is 0 Å². The maximum absolute atomic E-state index is 12.7. The summed E-state index contributed by atoms with van der Waals surface area (Å²) in [5.74, 6) is 5.22. The molecule has 0 spiro atoms. The Morgan fingerprint density at radius 2 is 1.38 bits per heavy atom. The molecule has 4 rings (SSSR count). The molecule has 0 unspecified atom stereocenters. The van der Waals surface area contributed by atoms with Crippen molar-refractivity contribution >= 4 is 5.91 Å². The molecule has 9 atom stereocenters. The predicted molar refractivity (Wildman–Crippen MR) is 236 cm³/mol. The molecule has 4 saturated carbocycles. The molecule has 0 bridgehead atoms. The van der Waals surface area contributed by atoms with Crippen LogP contribution in [0.4, 0.5) is 0 Å². The van der Waals surface area contributed by atoms with Crippen molar-refractivity contribution in [2.75, 3.05) is 32.8 Å². The van der Waals surface area contributed by atoms with Crippen LogP contribution in [0, 0.1) is 46.3 Å². The molecule has 0 saturated heterocycles. The molecule has 55 heavy (non-hydrogen) atoms. The number of hydrogen-bond donors (Lipinski definition) is 3. The van der Waals surface area contributed by atoms with E-state index in [1.54, 1.807) is 0 Å². The number of ether oxygens (including phenoxy) is 1. The van der Waals surface area contributed by atoms with E-state index in [-0.39, 0.29) is 5.91 Å². The molecule has 0 radical (unpaired) electrons. The fourth-order valence-electron chi connectivity index (χ4n) is 12.8. The highest BCUT2D eigenvalue weighted by molar-refractivity contribution is 5.75. The first-order valence-electron chi connectivity index (χ1n) is 24.8. The van der Waals surface area contributed by atoms with Gasteiger partial charge in [-0.05, 0) is 162 Å². The second-order valence-electron chi connectivity index (χ2n) is 19.9. The fourth-order valence-corrected chi connectivity index (χ4v) is 12.8. The second kappa shape index (κ2) is 26.2. The number of unbranched alkanes of at least 4 members (excludes halogenated alkanes) is 15. The van der Waals surface area contributed by atoms with E-state index in [0.717, 1.165) is 88.1 Å². The van der Waals surface area contributed by atoms with Crippen LogP contribution >= 0.6 is 0 Å². The molecular formula is C50H93N3O2. The Morgan fingerprint density at radius 3 is 2.09 bits per heavy atom. The Kier molecular flexibility index (Phi) is 22.3. The van der Waals surface area contributed by atoms with E-state index in [4.69, 9.17) is 10.5 Å². The summed E-state index contributed by atoms with van der Waals surface area (Å²) in [7, 11) is 0. The van der Waals surface area contributed by atoms with E-state index >= 15 is 0 Å². The molecule has 5 heteroatoms. The molecular weight excluding hydrogens is 675 g/mol. The average Bonchev–Trinajstić information content (AvgIpc) is 3.55. The van der Waals surface area contributed by atoms with Gasteiger partial charge in [-0.15, -0.1) is 0 Å². The molecule has 4 N–H and O–H groups in total. The van der Waals surface area contributed by atoms with E-state index in [0.29, 0.717) is 29.3 Å². The van der Waals surface area contributed by atoms with Crippen LogP contribution < -0.4 is 16.4 Å². The Hall–Kier alpha value is -0.910. The molecule has 4 aliphatic carbocycles. The lowest BCUT2D eigenvalue weighted by Crippen LogP contribution is -2.54. The van der Waals surface area contributed by atoms with Crippen molar-refractivity contribution in [1.29, 1.82) is 0 Å². The van der Waals surface area contributed by atoms with Crippen molar-refractivity contribution in [2.24, 2.45) is 52.1 Å². The molecule has 4 fully saturated rings. The summed E-state index contributed by atoms with van der Waals surface area (Å²) >= 11 is 0. The molecule has 0 aromatic rings. The number of nitrogens with two attached hydrogens (primary N) is 1. The summed E-state index contributed by atoms with van der Waals surface area (Å²) in [5.41, 5.74) is 6.55. The van der Waals surface area contributed by atoms with Crippen LogP contribution in [0.2, 0.25) is 0 Å². The number of carbonyl (C=O) groups excluding carboxylic acids is 1. The van der Waals surface area contributed by atoms with Crippen LogP contribution in [0.3, 0.4) is 0 Å². The van der Waals surface area contributed by atoms with Crippen molar-refractivity contribution in [3.8, 4) is 0 Å². The highest BCUT2D eigenvalue weighted by Gasteiger charge is 2.60. The van der Waals surface area contributed by atoms with Crippen LogP contribution in [-0.4, -0.2) is 44.8 Å². The number of carbonyl (C=O) groups is 1. The molecule has 0 aromatic carbocycles. The van der Waals surface area contributed by atoms with E-state index in [1.165, 1.54) is 154 Å². The number of rotatable bonds is 30. The SMILES string of the molecule is CCCCCCCCCCCCCCCC/C=C/CO[C@@H]1CC[C@@]2(C)[C@H](CC[C@@H]3[C@@H]2CC[C@]2(C)[C@@H]([C@H](C)CCC(=O)NCCCNCCCCN)CC[C@@H]32)C1. The van der Waals surface area contributed by atoms with Gasteiger partial charge >= 0.3 is 0 Å². The third-order valence-electron chi connectivity index (χ3n) is 16.2. The maximum Gasteiger partial charge on any atom is 0.220 e. The van der Waals surface area contributed by atoms with E-state index in [2.05, 4.69) is 50.5 Å². The van der Waals surface area contributed by atoms with Gasteiger partial charge in [-0.1, -0.05) is 123 Å². The zero-order valence-corrected chi connectivity index (χ0v) is 37.1. The van der Waals surface area contributed by atoms with Crippen LogP contribution in [-0.2, 0) is 9.53 Å². The first-order valence-corrected chi connectivity index (χ1v) is 24.8. The first-order chi connectivity index (χ1) is 26.8. The number of amides is 1. The number of nitrogens with one attached hydrogen (secondary N) is 2. The summed E-state index contributed by atoms with van der Waals surface area (Å²) in [6, 6.07) is 0. The maximum atomic E-state index is 12.7. The highest BCUT2D eigenvalue weighted by Crippen LogP contribution is 2.68. The number of hydrogen-bond acceptors (Lipinski definition) is 4. The van der Waals surface area contributed by atoms with Crippen molar-refractivity contribution in [3.05, 3.63) is 12.2 Å². The van der Waals surface area contributed by atoms with Crippen molar-refractivity contribution < 1.29 is 9.53 Å². The van der Waals surface area contributed by atoms with Gasteiger partial charge in [0.25, 0.3) is 0 Å². The summed E-state index contributed by atoms with van der Waals surface area (Å²) in [5, 5.41) is 6.66. The summed E-state index contributed by atoms with van der Waals surface area (Å²) in [4.78, 5) is 12.7. The largest absolute Gasteiger partial charge is 0.374 e. The molecule has 5 nitrogen and oxygen atoms in total. The molecule has 1 amide bonds. The minimum Gasteiger partial charge on any atom is -0.374 e. The molecule has 0 aliphatic heterocycles. The van der Waals surface area contributed by atoms with Crippen molar-refractivity contribution in [2.45, 2.75) is 220 Å². The molecule has 320 valence electrons. The third-order valence-corrected chi connectivity index (χ3v) is 16.2. The average molecular weight is 768 g/mol. The molecule has 0 aromatic heterocycles. The first kappa shape index (κ1) is 46.8. The predicted octanol–water partition coefficient (Wildman–Crippen LogP) is 12.7. The van der Waals surface area contributed by atoms with Gasteiger partial charge in [-0.3, -0.25) is 4.79 Å². The van der Waals surface area contributed by atoms with Gasteiger partial charge in [0, 0.05) is 13.0 Å². The summed E-state index contributed by atoms with van der Waals surface area (Å²) in [6.07, 6.45) is 43.8. The minimum atomic E-state index is 0.250. The van der Waals surface area contributed by atoms with Crippen molar-refractivity contribution in [1.82, 2.24) is 10.6 Å². The lowest BCUT2D eigenvalue weighted by atomic mass is 9.44. The lowest BCUT2D eigenvalue weighted by molar-refractivity contribution is -0.135. The van der Waals surface area contributed by atoms with Gasteiger partial charge < -0.3 is 21.1 Å². The minimum absolute atomic E-state index is 0.250. The number of fused-ring (bicyclic) bond motifs is 5. The lowest BCUT2D eigenvalue weighted by Gasteiger charge is -2.61. The fraction of sp³-hybridized carbons (Fsp3) is 0.940. The zero-order valence-electron chi connectivity index (χ0n) is 37.1. The van der Waals surface area contributed by atoms with Crippen LogP contribution in [0.5, 0.6) is 0 Å². The van der Waals surface area contributed by atoms with Crippen LogP contribution in [0.1, 0.15) is 214 Å². The van der Waals surface area contributed by atoms with Crippen LogP contribution in [0.15, 0.2) is 12.2 Å². The van der Waals surface area contributed by atoms with Crippen molar-refractivity contribution in [3.63, 3.8) is 0 Å². The zero-order chi connectivity index (χ0) is 39.2. The molecule has 0 heterocycles. The summed E-state index contributed by atoms with van der Waals surface area (Å²) < 4.78 is 6.53. The normalized spacial score (nSPS) is 30.9. The monoisotopic (exact) mass is 768 g/mol. The Labute approximate surface area is 342 Å². The third kappa shape index (κ3) is 15.0. The standard InChI is InChI=1S/C50H93N3O2/c1-5-6-7-8-9-10-11-12-13-14-15-16-17-18-19-20-23-39-55-43-31-33-49(3)42(40-43)26-27-44-46-29-28-45(50(46,4)34-32-47(44)49)41(2)25-30-48(54)53-38-24-37-52-36-22-21-35-51/h20,23,41-47,52H,5-19,21-22,24-40,51H2,1-4H3,(H,53,54)/b23-20+/t41-,42-,43-,44+,45-,46+,47+,49+,50-/m1/s1. The Bertz CT molecular complexity index is 1050. The Morgan fingerprint density at radius 1 is 0.727 bits per heavy atom. The second-order valence-corrected chi connectivity index (χ2v) is 19.9. The number of allylic oxidation sites excluding steroid dienone is 1. The van der Waals surface area contributed by atoms with Crippen LogP contribution in [0.25, 0.3) is 0 Å². The smallest absolute Gasteiger partial charge is 0.220 e. The van der Waals surface area contributed by atoms with E-state index in [9.17, 15) is 4.79 Å². The van der Waals surface area contributed by atoms with E-state index in [1.807, 2.05) is 0 Å². The van der Waals surface area contributed by atoms with Gasteiger partial charge in [-0.25, -0.2) is 0 Å². The molecule has 4 aliphatic rings. The van der Waals surface area contributed by atoms with Gasteiger partial charge in [0.2, 0.25) is 5.91 Å². The topological polar surface area (TPSA) is 76.4 Å². The highest BCUT2D eigenvalue weighted by atomic mass is 16.5. The van der Waals surface area contributed by atoms with Gasteiger partial charge in [0.1, 0.15) is 0 Å².